The molecule has 3 atom stereocenters. The Hall–Kier alpha value is -3.92. The number of hydrogen-bond donors (Lipinski definition) is 5. The molecule has 4 rings (SSSR count). The highest BCUT2D eigenvalue weighted by molar-refractivity contribution is 5.93. The molecule has 10 nitrogen and oxygen atoms in total. The van der Waals surface area contributed by atoms with Gasteiger partial charge in [0.2, 0.25) is 17.7 Å². The highest BCUT2D eigenvalue weighted by Gasteiger charge is 2.32. The average Bonchev–Trinajstić information content (AvgIpc) is 3.63. The molecule has 0 unspecified atom stereocenters. The van der Waals surface area contributed by atoms with Gasteiger partial charge in [0.05, 0.1) is 6.04 Å². The minimum absolute atomic E-state index is 0.0312. The second kappa shape index (κ2) is 15.0. The number of amides is 4. The zero-order valence-corrected chi connectivity index (χ0v) is 25.6. The van der Waals surface area contributed by atoms with Gasteiger partial charge in [-0.05, 0) is 74.2 Å². The number of fused-ring (bicyclic) bond motifs is 3. The molecule has 232 valence electrons. The Morgan fingerprint density at radius 3 is 2.12 bits per heavy atom. The van der Waals surface area contributed by atoms with Gasteiger partial charge in [0.15, 0.2) is 0 Å². The molecule has 0 spiro atoms. The molecule has 1 fully saturated rings. The Bertz CT molecular complexity index is 1240. The fraction of sp³-hybridized carbons (Fsp3) is 0.515. The van der Waals surface area contributed by atoms with Crippen molar-refractivity contribution in [2.24, 2.45) is 5.92 Å². The highest BCUT2D eigenvalue weighted by atomic mass is 16.5. The van der Waals surface area contributed by atoms with Crippen LogP contribution >= 0.6 is 0 Å². The molecular formula is C33H45N5O5. The first-order valence-corrected chi connectivity index (χ1v) is 15.4. The first-order valence-electron chi connectivity index (χ1n) is 15.4. The van der Waals surface area contributed by atoms with E-state index in [9.17, 15) is 19.2 Å². The second-order valence-electron chi connectivity index (χ2n) is 12.0. The molecular weight excluding hydrogens is 546 g/mol. The van der Waals surface area contributed by atoms with Crippen molar-refractivity contribution in [2.45, 2.75) is 83.5 Å². The quantitative estimate of drug-likeness (QED) is 0.227. The number of hydrogen-bond acceptors (Lipinski definition) is 6. The van der Waals surface area contributed by atoms with E-state index in [1.165, 1.54) is 0 Å². The van der Waals surface area contributed by atoms with Gasteiger partial charge in [-0.25, -0.2) is 4.79 Å². The van der Waals surface area contributed by atoms with E-state index in [4.69, 9.17) is 4.74 Å². The fourth-order valence-corrected chi connectivity index (χ4v) is 5.76. The summed E-state index contributed by atoms with van der Waals surface area (Å²) in [4.78, 5) is 51.5. The maximum atomic E-state index is 13.2. The molecule has 1 heterocycles. The summed E-state index contributed by atoms with van der Waals surface area (Å²) in [7, 11) is 0. The zero-order chi connectivity index (χ0) is 30.9. The maximum absolute atomic E-state index is 13.2. The molecule has 0 saturated carbocycles. The number of alkyl carbamates (subject to hydrolysis) is 1. The second-order valence-corrected chi connectivity index (χ2v) is 12.0. The van der Waals surface area contributed by atoms with Crippen molar-refractivity contribution >= 4 is 23.8 Å². The summed E-state index contributed by atoms with van der Waals surface area (Å²) in [6.07, 6.45) is 1.85. The standard InChI is InChI=1S/C33H45N5O5/c1-20(2)29(38-30(39)27-15-9-17-34-27)32(41)37-28(31(40)36-21(3)4)16-10-18-35-33(42)43-19-26-24-13-7-5-11-22(24)23-12-6-8-14-25(23)26/h5-8,11-14,20-21,26-29,34H,9-10,15-19H2,1-4H3,(H,35,42)(H,36,40)(H,37,41)(H,38,39)/t27-,28-,29-/m0/s1. The third kappa shape index (κ3) is 8.34. The Kier molecular flexibility index (Phi) is 11.2. The van der Waals surface area contributed by atoms with Crippen molar-refractivity contribution in [1.29, 1.82) is 0 Å². The lowest BCUT2D eigenvalue weighted by molar-refractivity contribution is -0.133. The molecule has 0 radical (unpaired) electrons. The Morgan fingerprint density at radius 1 is 0.884 bits per heavy atom. The van der Waals surface area contributed by atoms with Crippen LogP contribution in [0.2, 0.25) is 0 Å². The van der Waals surface area contributed by atoms with E-state index in [1.54, 1.807) is 0 Å². The summed E-state index contributed by atoms with van der Waals surface area (Å²) in [5.41, 5.74) is 4.60. The minimum atomic E-state index is -0.818. The summed E-state index contributed by atoms with van der Waals surface area (Å²) in [6.45, 7) is 8.67. The first kappa shape index (κ1) is 32.0. The van der Waals surface area contributed by atoms with E-state index in [1.807, 2.05) is 52.0 Å². The molecule has 1 aliphatic heterocycles. The minimum Gasteiger partial charge on any atom is -0.449 e. The van der Waals surface area contributed by atoms with Crippen molar-refractivity contribution in [3.8, 4) is 11.1 Å². The number of ether oxygens (including phenoxy) is 1. The average molecular weight is 592 g/mol. The number of carbonyl (C=O) groups is 4. The predicted molar refractivity (Wildman–Crippen MR) is 165 cm³/mol. The number of nitrogens with one attached hydrogen (secondary N) is 5. The van der Waals surface area contributed by atoms with Crippen LogP contribution in [0.25, 0.3) is 11.1 Å². The van der Waals surface area contributed by atoms with E-state index >= 15 is 0 Å². The lowest BCUT2D eigenvalue weighted by Gasteiger charge is -2.26. The molecule has 0 aromatic heterocycles. The molecule has 43 heavy (non-hydrogen) atoms. The summed E-state index contributed by atoms with van der Waals surface area (Å²) >= 11 is 0. The molecule has 0 bridgehead atoms. The molecule has 2 aromatic carbocycles. The first-order chi connectivity index (χ1) is 20.7. The van der Waals surface area contributed by atoms with Gasteiger partial charge in [0, 0.05) is 18.5 Å². The van der Waals surface area contributed by atoms with E-state index < -0.39 is 24.1 Å². The van der Waals surface area contributed by atoms with Crippen molar-refractivity contribution in [3.63, 3.8) is 0 Å². The van der Waals surface area contributed by atoms with E-state index in [2.05, 4.69) is 50.8 Å². The van der Waals surface area contributed by atoms with Crippen LogP contribution in [0.15, 0.2) is 48.5 Å². The van der Waals surface area contributed by atoms with Gasteiger partial charge in [-0.1, -0.05) is 62.4 Å². The van der Waals surface area contributed by atoms with Gasteiger partial charge in [0.25, 0.3) is 0 Å². The summed E-state index contributed by atoms with van der Waals surface area (Å²) in [6, 6.07) is 14.3. The van der Waals surface area contributed by atoms with Crippen molar-refractivity contribution in [3.05, 3.63) is 59.7 Å². The van der Waals surface area contributed by atoms with Crippen LogP contribution in [0.1, 0.15) is 70.4 Å². The highest BCUT2D eigenvalue weighted by Crippen LogP contribution is 2.44. The van der Waals surface area contributed by atoms with E-state index in [-0.39, 0.29) is 48.9 Å². The van der Waals surface area contributed by atoms with Crippen LogP contribution < -0.4 is 26.6 Å². The molecule has 2 aromatic rings. The summed E-state index contributed by atoms with van der Waals surface area (Å²) in [5.74, 6) is -1.13. The van der Waals surface area contributed by atoms with E-state index in [0.717, 1.165) is 41.6 Å². The number of benzene rings is 2. The topological polar surface area (TPSA) is 138 Å². The number of rotatable bonds is 13. The van der Waals surface area contributed by atoms with Crippen LogP contribution in [-0.4, -0.2) is 67.7 Å². The monoisotopic (exact) mass is 591 g/mol. The Morgan fingerprint density at radius 2 is 1.53 bits per heavy atom. The van der Waals surface area contributed by atoms with Crippen molar-refractivity contribution in [2.75, 3.05) is 19.7 Å². The van der Waals surface area contributed by atoms with Crippen molar-refractivity contribution in [1.82, 2.24) is 26.6 Å². The lowest BCUT2D eigenvalue weighted by atomic mass is 9.98. The van der Waals surface area contributed by atoms with Crippen LogP contribution in [0.4, 0.5) is 4.79 Å². The van der Waals surface area contributed by atoms with Crippen LogP contribution in [0.3, 0.4) is 0 Å². The van der Waals surface area contributed by atoms with Gasteiger partial charge in [-0.15, -0.1) is 0 Å². The molecule has 2 aliphatic rings. The third-order valence-corrected chi connectivity index (χ3v) is 7.97. The van der Waals surface area contributed by atoms with Gasteiger partial charge < -0.3 is 31.3 Å². The van der Waals surface area contributed by atoms with Gasteiger partial charge in [-0.2, -0.15) is 0 Å². The maximum Gasteiger partial charge on any atom is 0.407 e. The molecule has 5 N–H and O–H groups in total. The molecule has 4 amide bonds. The predicted octanol–water partition coefficient (Wildman–Crippen LogP) is 3.21. The normalized spacial score (nSPS) is 17.1. The van der Waals surface area contributed by atoms with Gasteiger partial charge in [0.1, 0.15) is 18.7 Å². The smallest absolute Gasteiger partial charge is 0.407 e. The van der Waals surface area contributed by atoms with Gasteiger partial charge >= 0.3 is 6.09 Å². The molecule has 1 saturated heterocycles. The van der Waals surface area contributed by atoms with Crippen LogP contribution in [-0.2, 0) is 19.1 Å². The zero-order valence-electron chi connectivity index (χ0n) is 25.6. The number of carbonyl (C=O) groups excluding carboxylic acids is 4. The fourth-order valence-electron chi connectivity index (χ4n) is 5.76. The lowest BCUT2D eigenvalue weighted by Crippen LogP contribution is -2.57. The van der Waals surface area contributed by atoms with Crippen molar-refractivity contribution < 1.29 is 23.9 Å². The molecule has 10 heteroatoms. The summed E-state index contributed by atoms with van der Waals surface area (Å²) < 4.78 is 5.60. The molecule has 1 aliphatic carbocycles. The van der Waals surface area contributed by atoms with Gasteiger partial charge in [-0.3, -0.25) is 14.4 Å². The van der Waals surface area contributed by atoms with Crippen LogP contribution in [0.5, 0.6) is 0 Å². The van der Waals surface area contributed by atoms with Crippen LogP contribution in [0, 0.1) is 5.92 Å². The Balaban J connectivity index is 1.28. The van der Waals surface area contributed by atoms with E-state index in [0.29, 0.717) is 12.8 Å². The third-order valence-electron chi connectivity index (χ3n) is 7.97. The summed E-state index contributed by atoms with van der Waals surface area (Å²) in [5, 5.41) is 14.5. The largest absolute Gasteiger partial charge is 0.449 e. The SMILES string of the molecule is CC(C)NC(=O)[C@H](CCCNC(=O)OCC1c2ccccc2-c2ccccc21)NC(=O)[C@@H](NC(=O)[C@@H]1CCCN1)C(C)C. The Labute approximate surface area is 254 Å².